The summed E-state index contributed by atoms with van der Waals surface area (Å²) in [4.78, 5) is 20.7. The first kappa shape index (κ1) is 19.3. The Morgan fingerprint density at radius 3 is 2.78 bits per heavy atom. The predicted molar refractivity (Wildman–Crippen MR) is 104 cm³/mol. The number of carboxylic acid groups (broad SMARTS) is 1. The fourth-order valence-corrected chi connectivity index (χ4v) is 3.72. The molecule has 27 heavy (non-hydrogen) atoms. The van der Waals surface area contributed by atoms with E-state index in [-0.39, 0.29) is 0 Å². The first-order valence-electron chi connectivity index (χ1n) is 9.31. The minimum atomic E-state index is -0.802. The Labute approximate surface area is 160 Å². The fourth-order valence-electron chi connectivity index (χ4n) is 3.72. The van der Waals surface area contributed by atoms with Gasteiger partial charge < -0.3 is 9.84 Å². The summed E-state index contributed by atoms with van der Waals surface area (Å²) in [7, 11) is 1.62. The van der Waals surface area contributed by atoms with Crippen LogP contribution in [0.2, 0.25) is 0 Å². The van der Waals surface area contributed by atoms with Crippen LogP contribution in [0.1, 0.15) is 29.2 Å². The van der Waals surface area contributed by atoms with Crippen molar-refractivity contribution in [2.75, 3.05) is 33.3 Å². The quantitative estimate of drug-likeness (QED) is 0.845. The lowest BCUT2D eigenvalue weighted by atomic mass is 9.99. The van der Waals surface area contributed by atoms with Crippen molar-refractivity contribution in [3.8, 4) is 5.75 Å². The number of hydrogen-bond donors (Lipinski definition) is 1. The normalized spacial score (nSPS) is 17.3. The molecule has 2 aromatic rings. The number of carbonyl (C=O) groups is 1. The number of benzene rings is 1. The lowest BCUT2D eigenvalue weighted by Gasteiger charge is -2.29. The molecule has 1 N–H and O–H groups in total. The third-order valence-corrected chi connectivity index (χ3v) is 5.12. The van der Waals surface area contributed by atoms with Crippen molar-refractivity contribution in [2.24, 2.45) is 0 Å². The molecule has 1 aromatic heterocycles. The highest BCUT2D eigenvalue weighted by Gasteiger charge is 2.30. The van der Waals surface area contributed by atoms with Gasteiger partial charge in [0.25, 0.3) is 0 Å². The van der Waals surface area contributed by atoms with E-state index in [1.165, 1.54) is 5.56 Å². The number of nitrogens with zero attached hydrogens (tertiary/aromatic N) is 3. The topological polar surface area (TPSA) is 65.9 Å². The number of carboxylic acids is 1. The summed E-state index contributed by atoms with van der Waals surface area (Å²) in [6.45, 7) is 6.09. The largest absolute Gasteiger partial charge is 0.497 e. The molecule has 0 saturated carbocycles. The molecule has 0 unspecified atom stereocenters. The van der Waals surface area contributed by atoms with E-state index in [0.717, 1.165) is 56.0 Å². The van der Waals surface area contributed by atoms with Crippen molar-refractivity contribution >= 4 is 5.97 Å². The van der Waals surface area contributed by atoms with Gasteiger partial charge in [0.2, 0.25) is 0 Å². The molecule has 1 fully saturated rings. The van der Waals surface area contributed by atoms with Gasteiger partial charge in [0.05, 0.1) is 7.11 Å². The lowest BCUT2D eigenvalue weighted by molar-refractivity contribution is -0.143. The van der Waals surface area contributed by atoms with Gasteiger partial charge in [0, 0.05) is 38.6 Å². The number of ether oxygens (including phenoxy) is 1. The Morgan fingerprint density at radius 1 is 1.26 bits per heavy atom. The van der Waals surface area contributed by atoms with E-state index >= 15 is 0 Å². The second-order valence-corrected chi connectivity index (χ2v) is 6.99. The van der Waals surface area contributed by atoms with Crippen LogP contribution in [0, 0.1) is 6.92 Å². The average molecular weight is 369 g/mol. The smallest absolute Gasteiger partial charge is 0.325 e. The van der Waals surface area contributed by atoms with Crippen LogP contribution in [0.5, 0.6) is 5.75 Å². The Bertz CT molecular complexity index is 767. The summed E-state index contributed by atoms with van der Waals surface area (Å²) in [6, 6.07) is 9.02. The molecule has 1 atom stereocenters. The summed E-state index contributed by atoms with van der Waals surface area (Å²) >= 11 is 0. The minimum Gasteiger partial charge on any atom is -0.497 e. The zero-order valence-electron chi connectivity index (χ0n) is 16.0. The van der Waals surface area contributed by atoms with Gasteiger partial charge in [-0.2, -0.15) is 0 Å². The summed E-state index contributed by atoms with van der Waals surface area (Å²) in [5.74, 6) is -0.0529. The molecule has 6 nitrogen and oxygen atoms in total. The number of aliphatic carboxylic acids is 1. The van der Waals surface area contributed by atoms with Gasteiger partial charge in [0.15, 0.2) is 0 Å². The van der Waals surface area contributed by atoms with Gasteiger partial charge in [-0.05, 0) is 54.8 Å². The first-order chi connectivity index (χ1) is 13.1. The summed E-state index contributed by atoms with van der Waals surface area (Å²) < 4.78 is 5.25. The second-order valence-electron chi connectivity index (χ2n) is 6.99. The Morgan fingerprint density at radius 2 is 2.11 bits per heavy atom. The van der Waals surface area contributed by atoms with E-state index < -0.39 is 12.0 Å². The molecule has 3 rings (SSSR count). The maximum absolute atomic E-state index is 12.1. The van der Waals surface area contributed by atoms with Crippen molar-refractivity contribution in [1.29, 1.82) is 0 Å². The van der Waals surface area contributed by atoms with Crippen LogP contribution in [0.4, 0.5) is 0 Å². The maximum Gasteiger partial charge on any atom is 0.325 e. The standard InChI is InChI=1S/C21H27N3O3/c1-16-13-18(27-2)6-7-19(16)20(21(25)26)24-10-4-9-23(11-12-24)15-17-5-3-8-22-14-17/h3,5-8,13-14,20H,4,9-12,15H2,1-2H3,(H,25,26)/t20-/m1/s1. The number of pyridine rings is 1. The van der Waals surface area contributed by atoms with Crippen LogP contribution >= 0.6 is 0 Å². The highest BCUT2D eigenvalue weighted by atomic mass is 16.5. The third kappa shape index (κ3) is 4.84. The highest BCUT2D eigenvalue weighted by Crippen LogP contribution is 2.28. The van der Waals surface area contributed by atoms with Crippen LogP contribution in [0.3, 0.4) is 0 Å². The molecule has 1 aliphatic heterocycles. The highest BCUT2D eigenvalue weighted by molar-refractivity contribution is 5.76. The molecule has 1 saturated heterocycles. The zero-order chi connectivity index (χ0) is 19.2. The van der Waals surface area contributed by atoms with Crippen LogP contribution in [-0.2, 0) is 11.3 Å². The van der Waals surface area contributed by atoms with Crippen molar-refractivity contribution < 1.29 is 14.6 Å². The predicted octanol–water partition coefficient (Wildman–Crippen LogP) is 2.73. The molecule has 0 bridgehead atoms. The molecule has 6 heteroatoms. The fraction of sp³-hybridized carbons (Fsp3) is 0.429. The van der Waals surface area contributed by atoms with Crippen LogP contribution < -0.4 is 4.74 Å². The summed E-state index contributed by atoms with van der Waals surface area (Å²) in [5, 5.41) is 9.93. The van der Waals surface area contributed by atoms with Gasteiger partial charge in [-0.25, -0.2) is 0 Å². The van der Waals surface area contributed by atoms with Crippen molar-refractivity contribution in [3.63, 3.8) is 0 Å². The number of hydrogen-bond acceptors (Lipinski definition) is 5. The molecule has 1 aliphatic rings. The number of rotatable bonds is 6. The van der Waals surface area contributed by atoms with Gasteiger partial charge in [-0.1, -0.05) is 12.1 Å². The molecule has 0 aliphatic carbocycles. The maximum atomic E-state index is 12.1. The zero-order valence-corrected chi connectivity index (χ0v) is 16.0. The molecule has 144 valence electrons. The molecule has 2 heterocycles. The van der Waals surface area contributed by atoms with Crippen LogP contribution in [-0.4, -0.2) is 59.1 Å². The Balaban J connectivity index is 1.72. The van der Waals surface area contributed by atoms with Gasteiger partial charge in [-0.3, -0.25) is 19.6 Å². The summed E-state index contributed by atoms with van der Waals surface area (Å²) in [5.41, 5.74) is 2.97. The van der Waals surface area contributed by atoms with E-state index in [4.69, 9.17) is 4.74 Å². The molecule has 0 radical (unpaired) electrons. The van der Waals surface area contributed by atoms with Crippen molar-refractivity contribution in [3.05, 3.63) is 59.4 Å². The van der Waals surface area contributed by atoms with E-state index in [9.17, 15) is 9.90 Å². The average Bonchev–Trinajstić information content (AvgIpc) is 2.89. The lowest BCUT2D eigenvalue weighted by Crippen LogP contribution is -2.37. The number of methoxy groups -OCH3 is 1. The Hall–Kier alpha value is -2.44. The van der Waals surface area contributed by atoms with Gasteiger partial charge in [0.1, 0.15) is 11.8 Å². The number of aromatic nitrogens is 1. The second kappa shape index (κ2) is 8.97. The van der Waals surface area contributed by atoms with E-state index in [2.05, 4.69) is 20.9 Å². The monoisotopic (exact) mass is 369 g/mol. The SMILES string of the molecule is COc1ccc([C@H](C(=O)O)N2CCCN(Cc3cccnc3)CC2)c(C)c1. The van der Waals surface area contributed by atoms with Crippen molar-refractivity contribution in [1.82, 2.24) is 14.8 Å². The molecule has 1 aromatic carbocycles. The first-order valence-corrected chi connectivity index (χ1v) is 9.31. The minimum absolute atomic E-state index is 0.630. The van der Waals surface area contributed by atoms with E-state index in [1.54, 1.807) is 13.3 Å². The molecule has 0 amide bonds. The molecular weight excluding hydrogens is 342 g/mol. The van der Waals surface area contributed by atoms with Crippen LogP contribution in [0.25, 0.3) is 0 Å². The van der Waals surface area contributed by atoms with Gasteiger partial charge in [-0.15, -0.1) is 0 Å². The van der Waals surface area contributed by atoms with Gasteiger partial charge >= 0.3 is 5.97 Å². The molecular formula is C21H27N3O3. The van der Waals surface area contributed by atoms with E-state index in [0.29, 0.717) is 0 Å². The third-order valence-electron chi connectivity index (χ3n) is 5.12. The number of aryl methyl sites for hydroxylation is 1. The van der Waals surface area contributed by atoms with Crippen molar-refractivity contribution in [2.45, 2.75) is 25.9 Å². The molecule has 0 spiro atoms. The Kier molecular flexibility index (Phi) is 6.42. The summed E-state index contributed by atoms with van der Waals surface area (Å²) in [6.07, 6.45) is 4.62. The van der Waals surface area contributed by atoms with E-state index in [1.807, 2.05) is 37.4 Å². The van der Waals surface area contributed by atoms with Crippen LogP contribution in [0.15, 0.2) is 42.7 Å².